The van der Waals surface area contributed by atoms with Crippen molar-refractivity contribution in [1.29, 1.82) is 0 Å². The smallest absolute Gasteiger partial charge is 0.270 e. The van der Waals surface area contributed by atoms with E-state index in [1.807, 2.05) is 51.2 Å². The molecule has 0 atom stereocenters. The highest BCUT2D eigenvalue weighted by Gasteiger charge is 2.34. The van der Waals surface area contributed by atoms with Crippen LogP contribution in [0.3, 0.4) is 0 Å². The van der Waals surface area contributed by atoms with E-state index in [4.69, 9.17) is 12.2 Å². The zero-order chi connectivity index (χ0) is 19.0. The van der Waals surface area contributed by atoms with Crippen LogP contribution >= 0.6 is 73.3 Å². The molecule has 2 N–H and O–H groups in total. The summed E-state index contributed by atoms with van der Waals surface area (Å²) in [6, 6.07) is 10.5. The highest BCUT2D eigenvalue weighted by molar-refractivity contribution is 14.1. The van der Waals surface area contributed by atoms with Gasteiger partial charge in [-0.15, -0.1) is 0 Å². The van der Waals surface area contributed by atoms with Gasteiger partial charge in [-0.2, -0.15) is 0 Å². The Kier molecular flexibility index (Phi) is 5.99. The number of halogens is 3. The monoisotopic (exact) mass is 654 g/mol. The normalized spacial score (nSPS) is 16.2. The predicted octanol–water partition coefficient (Wildman–Crippen LogP) is 4.20. The van der Waals surface area contributed by atoms with Gasteiger partial charge in [0.25, 0.3) is 11.8 Å². The lowest BCUT2D eigenvalue weighted by Crippen LogP contribution is -2.54. The molecule has 1 aliphatic rings. The number of carbonyl (C=O) groups is 2. The van der Waals surface area contributed by atoms with Crippen LogP contribution in [-0.2, 0) is 9.59 Å². The van der Waals surface area contributed by atoms with Crippen LogP contribution in [0.1, 0.15) is 5.56 Å². The lowest BCUT2D eigenvalue weighted by atomic mass is 10.1. The first-order valence-corrected chi connectivity index (χ1v) is 10.5. The van der Waals surface area contributed by atoms with Crippen molar-refractivity contribution < 1.29 is 14.7 Å². The Morgan fingerprint density at radius 3 is 2.42 bits per heavy atom. The van der Waals surface area contributed by atoms with E-state index in [2.05, 4.69) is 21.2 Å². The standard InChI is InChI=1S/C17H9BrI2N2O3S/c18-9-2-1-3-10(7-9)22-16(25)11(15(24)21-17(22)26)4-8-5-12(19)14(23)13(20)6-8/h1-7,23H,(H,21,24,26)/b11-4-. The molecule has 1 fully saturated rings. The van der Waals surface area contributed by atoms with Gasteiger partial charge >= 0.3 is 0 Å². The molecule has 0 aromatic heterocycles. The number of nitrogens with zero attached hydrogens (tertiary/aromatic N) is 1. The fourth-order valence-electron chi connectivity index (χ4n) is 2.34. The van der Waals surface area contributed by atoms with E-state index < -0.39 is 11.8 Å². The van der Waals surface area contributed by atoms with Crippen LogP contribution in [0, 0.1) is 7.14 Å². The van der Waals surface area contributed by atoms with E-state index in [-0.39, 0.29) is 16.4 Å². The van der Waals surface area contributed by atoms with Crippen LogP contribution < -0.4 is 10.2 Å². The SMILES string of the molecule is O=C1NC(=S)N(c2cccc(Br)c2)C(=O)/C1=C\c1cc(I)c(O)c(I)c1. The Bertz CT molecular complexity index is 971. The van der Waals surface area contributed by atoms with E-state index in [0.717, 1.165) is 4.47 Å². The Morgan fingerprint density at radius 2 is 1.81 bits per heavy atom. The predicted molar refractivity (Wildman–Crippen MR) is 124 cm³/mol. The molecule has 1 aliphatic heterocycles. The summed E-state index contributed by atoms with van der Waals surface area (Å²) < 4.78 is 2.05. The van der Waals surface area contributed by atoms with E-state index in [1.165, 1.54) is 11.0 Å². The molecule has 26 heavy (non-hydrogen) atoms. The molecule has 1 heterocycles. The van der Waals surface area contributed by atoms with Crippen LogP contribution in [0.4, 0.5) is 5.69 Å². The number of hydrogen-bond donors (Lipinski definition) is 2. The summed E-state index contributed by atoms with van der Waals surface area (Å²) in [5, 5.41) is 12.5. The minimum Gasteiger partial charge on any atom is -0.506 e. The minimum atomic E-state index is -0.552. The first kappa shape index (κ1) is 19.7. The molecule has 2 aromatic carbocycles. The number of amides is 2. The Morgan fingerprint density at radius 1 is 1.15 bits per heavy atom. The van der Waals surface area contributed by atoms with Crippen molar-refractivity contribution in [2.75, 3.05) is 4.90 Å². The number of phenols is 1. The van der Waals surface area contributed by atoms with Gasteiger partial charge in [0.15, 0.2) is 5.11 Å². The molecular formula is C17H9BrI2N2O3S. The van der Waals surface area contributed by atoms with Gasteiger partial charge in [-0.25, -0.2) is 0 Å². The van der Waals surface area contributed by atoms with Gasteiger partial charge in [0.05, 0.1) is 12.8 Å². The second-order valence-corrected chi connectivity index (χ2v) is 8.90. The molecule has 5 nitrogen and oxygen atoms in total. The Balaban J connectivity index is 2.06. The highest BCUT2D eigenvalue weighted by atomic mass is 127. The molecule has 2 amide bonds. The van der Waals surface area contributed by atoms with Crippen molar-refractivity contribution in [3.05, 3.63) is 59.1 Å². The van der Waals surface area contributed by atoms with Crippen LogP contribution in [-0.4, -0.2) is 22.0 Å². The van der Waals surface area contributed by atoms with Crippen molar-refractivity contribution in [2.24, 2.45) is 0 Å². The first-order valence-electron chi connectivity index (χ1n) is 7.13. The van der Waals surface area contributed by atoms with Crippen molar-refractivity contribution in [3.8, 4) is 5.75 Å². The summed E-state index contributed by atoms with van der Waals surface area (Å²) >= 11 is 12.5. The quantitative estimate of drug-likeness (QED) is 0.221. The maximum atomic E-state index is 12.9. The average Bonchev–Trinajstić information content (AvgIpc) is 2.56. The number of hydrogen-bond acceptors (Lipinski definition) is 4. The van der Waals surface area contributed by atoms with Crippen molar-refractivity contribution in [1.82, 2.24) is 5.32 Å². The van der Waals surface area contributed by atoms with Crippen molar-refractivity contribution in [3.63, 3.8) is 0 Å². The Labute approximate surface area is 190 Å². The largest absolute Gasteiger partial charge is 0.506 e. The van der Waals surface area contributed by atoms with E-state index in [1.54, 1.807) is 30.3 Å². The van der Waals surface area contributed by atoms with Gasteiger partial charge in [0, 0.05) is 4.47 Å². The molecule has 0 radical (unpaired) electrons. The summed E-state index contributed by atoms with van der Waals surface area (Å²) in [6.45, 7) is 0. The fraction of sp³-hybridized carbons (Fsp3) is 0. The number of aromatic hydroxyl groups is 1. The molecule has 3 rings (SSSR count). The third kappa shape index (κ3) is 3.94. The summed E-state index contributed by atoms with van der Waals surface area (Å²) in [6.07, 6.45) is 1.49. The summed E-state index contributed by atoms with van der Waals surface area (Å²) in [4.78, 5) is 26.5. The van der Waals surface area contributed by atoms with Crippen LogP contribution in [0.5, 0.6) is 5.75 Å². The van der Waals surface area contributed by atoms with Gasteiger partial charge in [0.2, 0.25) is 0 Å². The minimum absolute atomic E-state index is 0.0316. The lowest BCUT2D eigenvalue weighted by molar-refractivity contribution is -0.122. The topological polar surface area (TPSA) is 69.6 Å². The zero-order valence-electron chi connectivity index (χ0n) is 12.8. The summed E-state index contributed by atoms with van der Waals surface area (Å²) in [5.74, 6) is -0.885. The maximum Gasteiger partial charge on any atom is 0.270 e. The van der Waals surface area contributed by atoms with Gasteiger partial charge in [-0.3, -0.25) is 19.8 Å². The summed E-state index contributed by atoms with van der Waals surface area (Å²) in [7, 11) is 0. The molecule has 1 saturated heterocycles. The Hall–Kier alpha value is -1.05. The molecule has 0 bridgehead atoms. The molecule has 9 heteroatoms. The van der Waals surface area contributed by atoms with E-state index in [0.29, 0.717) is 18.4 Å². The second-order valence-electron chi connectivity index (χ2n) is 5.27. The number of nitrogens with one attached hydrogen (secondary N) is 1. The summed E-state index contributed by atoms with van der Waals surface area (Å²) in [5.41, 5.74) is 1.16. The molecule has 2 aromatic rings. The highest BCUT2D eigenvalue weighted by Crippen LogP contribution is 2.29. The molecule has 0 saturated carbocycles. The molecule has 0 unspecified atom stereocenters. The number of benzene rings is 2. The average molecular weight is 655 g/mol. The van der Waals surface area contributed by atoms with Gasteiger partial charge in [-0.05, 0) is 99.4 Å². The number of thiocarbonyl (C=S) groups is 1. The molecule has 0 spiro atoms. The number of carbonyl (C=O) groups excluding carboxylic acids is 2. The van der Waals surface area contributed by atoms with Gasteiger partial charge in [0.1, 0.15) is 11.3 Å². The van der Waals surface area contributed by atoms with Crippen LogP contribution in [0.15, 0.2) is 46.4 Å². The molecule has 132 valence electrons. The molecular weight excluding hydrogens is 646 g/mol. The third-order valence-electron chi connectivity index (χ3n) is 3.52. The third-order valence-corrected chi connectivity index (χ3v) is 5.94. The van der Waals surface area contributed by atoms with Crippen molar-refractivity contribution in [2.45, 2.75) is 0 Å². The number of phenolic OH excluding ortho intramolecular Hbond substituents is 1. The second kappa shape index (κ2) is 7.90. The van der Waals surface area contributed by atoms with Gasteiger partial charge in [-0.1, -0.05) is 22.0 Å². The zero-order valence-corrected chi connectivity index (χ0v) is 19.5. The van der Waals surface area contributed by atoms with Gasteiger partial charge < -0.3 is 5.11 Å². The first-order chi connectivity index (χ1) is 12.3. The fourth-order valence-corrected chi connectivity index (χ4v) is 4.83. The van der Waals surface area contributed by atoms with E-state index >= 15 is 0 Å². The van der Waals surface area contributed by atoms with Crippen LogP contribution in [0.25, 0.3) is 6.08 Å². The molecule has 0 aliphatic carbocycles. The number of anilines is 1. The number of rotatable bonds is 2. The van der Waals surface area contributed by atoms with E-state index in [9.17, 15) is 14.7 Å². The maximum absolute atomic E-state index is 12.9. The van der Waals surface area contributed by atoms with Crippen molar-refractivity contribution >= 4 is 102 Å². The lowest BCUT2D eigenvalue weighted by Gasteiger charge is -2.29. The van der Waals surface area contributed by atoms with Crippen LogP contribution in [0.2, 0.25) is 0 Å².